The Balaban J connectivity index is 1.41. The van der Waals surface area contributed by atoms with Crippen molar-refractivity contribution in [1.82, 2.24) is 25.3 Å². The van der Waals surface area contributed by atoms with E-state index in [1.165, 1.54) is 15.9 Å². The monoisotopic (exact) mass is 423 g/mol. The standard InChI is InChI=1S/C21H21N5O5/c27-13(7-6-12-4-2-1-3-5-12)24-8-10-25-16-14(18(28)22-20(25)30)15-17(16)26(11-9-24)21(31)23-19(15)29/h1-7,14-17H,8-11H2,(H,22,28,30)(H,23,29,31)/b7-6+. The predicted molar refractivity (Wildman–Crippen MR) is 107 cm³/mol. The molecule has 5 rings (SSSR count). The van der Waals surface area contributed by atoms with E-state index in [4.69, 9.17) is 0 Å². The number of fused-ring (bicyclic) bond motifs is 1. The molecule has 31 heavy (non-hydrogen) atoms. The lowest BCUT2D eigenvalue weighted by Crippen LogP contribution is -2.82. The molecule has 10 heteroatoms. The SMILES string of the molecule is O=C1NC(=O)N2CCN(C(=O)/C=C/c3ccccc3)CCN3C(=O)NC(=O)C4C1C2C43. The first-order chi connectivity index (χ1) is 15.0. The van der Waals surface area contributed by atoms with Crippen LogP contribution in [0.15, 0.2) is 36.4 Å². The number of amides is 7. The van der Waals surface area contributed by atoms with E-state index < -0.39 is 47.8 Å². The van der Waals surface area contributed by atoms with Crippen LogP contribution in [0.3, 0.4) is 0 Å². The molecule has 3 saturated heterocycles. The number of benzene rings is 1. The highest BCUT2D eigenvalue weighted by Crippen LogP contribution is 2.46. The van der Waals surface area contributed by atoms with Crippen LogP contribution in [0.1, 0.15) is 5.56 Å². The van der Waals surface area contributed by atoms with E-state index in [-0.39, 0.29) is 32.1 Å². The molecule has 0 spiro atoms. The van der Waals surface area contributed by atoms with Gasteiger partial charge in [-0.05, 0) is 11.6 Å². The molecule has 1 aromatic rings. The Kier molecular flexibility index (Phi) is 4.49. The number of hydrogen-bond donors (Lipinski definition) is 2. The molecule has 4 fully saturated rings. The van der Waals surface area contributed by atoms with E-state index in [0.717, 1.165) is 5.56 Å². The molecule has 7 amide bonds. The quantitative estimate of drug-likeness (QED) is 0.629. The zero-order valence-corrected chi connectivity index (χ0v) is 16.6. The summed E-state index contributed by atoms with van der Waals surface area (Å²) in [5, 5.41) is 4.62. The Morgan fingerprint density at radius 2 is 1.32 bits per heavy atom. The summed E-state index contributed by atoms with van der Waals surface area (Å²) in [7, 11) is 0. The lowest BCUT2D eigenvalue weighted by Gasteiger charge is -2.60. The highest BCUT2D eigenvalue weighted by Gasteiger charge is 2.67. The van der Waals surface area contributed by atoms with Crippen molar-refractivity contribution in [2.75, 3.05) is 26.2 Å². The molecular weight excluding hydrogens is 402 g/mol. The molecule has 0 bridgehead atoms. The normalized spacial score (nSPS) is 30.0. The fraction of sp³-hybridized carbons (Fsp3) is 0.381. The number of hydrogen-bond acceptors (Lipinski definition) is 5. The van der Waals surface area contributed by atoms with Gasteiger partial charge in [0.15, 0.2) is 0 Å². The number of urea groups is 2. The average molecular weight is 423 g/mol. The molecule has 0 radical (unpaired) electrons. The summed E-state index contributed by atoms with van der Waals surface area (Å²) in [5.41, 5.74) is 0.881. The van der Waals surface area contributed by atoms with Crippen molar-refractivity contribution < 1.29 is 24.0 Å². The van der Waals surface area contributed by atoms with Gasteiger partial charge in [0, 0.05) is 32.3 Å². The summed E-state index contributed by atoms with van der Waals surface area (Å²) in [4.78, 5) is 67.2. The van der Waals surface area contributed by atoms with E-state index in [0.29, 0.717) is 0 Å². The first kappa shape index (κ1) is 19.3. The van der Waals surface area contributed by atoms with Crippen LogP contribution in [-0.2, 0) is 14.4 Å². The van der Waals surface area contributed by atoms with Gasteiger partial charge in [0.1, 0.15) is 0 Å². The number of nitrogens with zero attached hydrogens (tertiary/aromatic N) is 3. The zero-order chi connectivity index (χ0) is 21.7. The van der Waals surface area contributed by atoms with Crippen LogP contribution in [0.2, 0.25) is 0 Å². The highest BCUT2D eigenvalue weighted by atomic mass is 16.2. The van der Waals surface area contributed by atoms with Gasteiger partial charge in [0.25, 0.3) is 0 Å². The zero-order valence-electron chi connectivity index (χ0n) is 16.6. The Bertz CT molecular complexity index is 959. The second-order valence-corrected chi connectivity index (χ2v) is 8.08. The van der Waals surface area contributed by atoms with Gasteiger partial charge in [0.05, 0.1) is 23.9 Å². The van der Waals surface area contributed by atoms with Crippen molar-refractivity contribution in [3.05, 3.63) is 42.0 Å². The first-order valence-corrected chi connectivity index (χ1v) is 10.2. The van der Waals surface area contributed by atoms with Gasteiger partial charge in [-0.1, -0.05) is 30.3 Å². The van der Waals surface area contributed by atoms with Crippen LogP contribution in [0.25, 0.3) is 6.08 Å². The number of carbonyl (C=O) groups is 5. The molecular formula is C21H21N5O5. The molecule has 4 aliphatic rings. The largest absolute Gasteiger partial charge is 0.336 e. The van der Waals surface area contributed by atoms with Gasteiger partial charge in [-0.2, -0.15) is 0 Å². The fourth-order valence-corrected chi connectivity index (χ4v) is 5.02. The van der Waals surface area contributed by atoms with Gasteiger partial charge in [-0.25, -0.2) is 9.59 Å². The molecule has 160 valence electrons. The lowest BCUT2D eigenvalue weighted by atomic mass is 9.61. The Morgan fingerprint density at radius 1 is 0.806 bits per heavy atom. The predicted octanol–water partition coefficient (Wildman–Crippen LogP) is -0.371. The molecule has 2 N–H and O–H groups in total. The number of carbonyl (C=O) groups excluding carboxylic acids is 5. The van der Waals surface area contributed by atoms with Gasteiger partial charge in [-0.15, -0.1) is 0 Å². The molecule has 3 aliphatic heterocycles. The number of rotatable bonds is 2. The summed E-state index contributed by atoms with van der Waals surface area (Å²) in [6.45, 7) is 0.920. The summed E-state index contributed by atoms with van der Waals surface area (Å²) in [6, 6.07) is 7.16. The minimum Gasteiger partial charge on any atom is -0.336 e. The molecule has 1 saturated carbocycles. The van der Waals surface area contributed by atoms with Crippen LogP contribution >= 0.6 is 0 Å². The fourth-order valence-electron chi connectivity index (χ4n) is 5.02. The van der Waals surface area contributed by atoms with Crippen molar-refractivity contribution in [3.63, 3.8) is 0 Å². The molecule has 4 atom stereocenters. The smallest absolute Gasteiger partial charge is 0.324 e. The third-order valence-corrected chi connectivity index (χ3v) is 6.53. The number of nitrogens with one attached hydrogen (secondary N) is 2. The Hall–Kier alpha value is -3.69. The second-order valence-electron chi connectivity index (χ2n) is 8.08. The third-order valence-electron chi connectivity index (χ3n) is 6.53. The summed E-state index contributed by atoms with van der Waals surface area (Å²) >= 11 is 0. The number of imide groups is 2. The van der Waals surface area contributed by atoms with Gasteiger partial charge in [-0.3, -0.25) is 25.0 Å². The Labute approximate surface area is 177 Å². The maximum Gasteiger partial charge on any atom is 0.324 e. The van der Waals surface area contributed by atoms with Crippen molar-refractivity contribution in [1.29, 1.82) is 0 Å². The minimum atomic E-state index is -0.696. The van der Waals surface area contributed by atoms with Crippen LogP contribution in [-0.4, -0.2) is 82.7 Å². The molecule has 3 heterocycles. The highest BCUT2D eigenvalue weighted by molar-refractivity contribution is 6.07. The topological polar surface area (TPSA) is 119 Å². The van der Waals surface area contributed by atoms with Crippen LogP contribution in [0.5, 0.6) is 0 Å². The second kappa shape index (κ2) is 7.22. The maximum absolute atomic E-state index is 12.8. The van der Waals surface area contributed by atoms with Crippen LogP contribution in [0, 0.1) is 11.8 Å². The first-order valence-electron chi connectivity index (χ1n) is 10.2. The molecule has 4 unspecified atom stereocenters. The minimum absolute atomic E-state index is 0.206. The molecule has 1 aromatic carbocycles. The average Bonchev–Trinajstić information content (AvgIpc) is 2.80. The summed E-state index contributed by atoms with van der Waals surface area (Å²) < 4.78 is 0. The maximum atomic E-state index is 12.8. The van der Waals surface area contributed by atoms with Crippen molar-refractivity contribution >= 4 is 35.9 Å². The molecule has 10 nitrogen and oxygen atoms in total. The van der Waals surface area contributed by atoms with E-state index in [9.17, 15) is 24.0 Å². The van der Waals surface area contributed by atoms with E-state index in [1.54, 1.807) is 11.0 Å². The van der Waals surface area contributed by atoms with Crippen molar-refractivity contribution in [2.24, 2.45) is 11.8 Å². The van der Waals surface area contributed by atoms with Gasteiger partial charge >= 0.3 is 12.1 Å². The molecule has 1 aliphatic carbocycles. The molecule has 0 aromatic heterocycles. The van der Waals surface area contributed by atoms with Crippen molar-refractivity contribution in [3.8, 4) is 0 Å². The van der Waals surface area contributed by atoms with Crippen LogP contribution in [0.4, 0.5) is 9.59 Å². The van der Waals surface area contributed by atoms with Gasteiger partial charge in [0.2, 0.25) is 17.7 Å². The lowest BCUT2D eigenvalue weighted by molar-refractivity contribution is -0.162. The third kappa shape index (κ3) is 3.06. The van der Waals surface area contributed by atoms with Gasteiger partial charge < -0.3 is 14.7 Å². The van der Waals surface area contributed by atoms with E-state index in [1.807, 2.05) is 30.3 Å². The summed E-state index contributed by atoms with van der Waals surface area (Å²) in [5.74, 6) is -2.62. The summed E-state index contributed by atoms with van der Waals surface area (Å²) in [6.07, 6.45) is 3.18. The van der Waals surface area contributed by atoms with Crippen LogP contribution < -0.4 is 10.6 Å². The Morgan fingerprint density at radius 3 is 1.84 bits per heavy atom. The van der Waals surface area contributed by atoms with Crippen molar-refractivity contribution in [2.45, 2.75) is 12.1 Å². The van der Waals surface area contributed by atoms with E-state index >= 15 is 0 Å². The van der Waals surface area contributed by atoms with E-state index in [2.05, 4.69) is 10.6 Å².